The van der Waals surface area contributed by atoms with Gasteiger partial charge in [-0.2, -0.15) is 0 Å². The minimum atomic E-state index is -0.0388. The van der Waals surface area contributed by atoms with E-state index < -0.39 is 0 Å². The lowest BCUT2D eigenvalue weighted by atomic mass is 10.4. The molecule has 0 fully saturated rings. The minimum Gasteiger partial charge on any atom is -0.302 e. The molecule has 3 aromatic heterocycles. The molecule has 3 heterocycles. The number of nitrogens with zero attached hydrogens (tertiary/aromatic N) is 5. The molecule has 114 valence electrons. The lowest BCUT2D eigenvalue weighted by Crippen LogP contribution is -2.14. The normalized spacial score (nSPS) is 11.2. The smallest absolute Gasteiger partial charge is 0.258 e. The zero-order chi connectivity index (χ0) is 15.7. The topological polar surface area (TPSA) is 65.1 Å². The zero-order valence-corrected chi connectivity index (χ0v) is 13.9. The molecular formula is C14H15N5OS2. The Bertz CT molecular complexity index is 892. The number of allylic oxidation sites excluding steroid dienone is 1. The van der Waals surface area contributed by atoms with Gasteiger partial charge in [-0.3, -0.25) is 9.20 Å². The van der Waals surface area contributed by atoms with Crippen LogP contribution in [-0.2, 0) is 12.3 Å². The summed E-state index contributed by atoms with van der Waals surface area (Å²) >= 11 is 3.00. The second-order valence-corrected chi connectivity index (χ2v) is 6.58. The van der Waals surface area contributed by atoms with Crippen LogP contribution in [0.3, 0.4) is 0 Å². The largest absolute Gasteiger partial charge is 0.302 e. The molecule has 0 N–H and O–H groups in total. The monoisotopic (exact) mass is 333 g/mol. The van der Waals surface area contributed by atoms with Gasteiger partial charge in [-0.1, -0.05) is 17.8 Å². The summed E-state index contributed by atoms with van der Waals surface area (Å²) in [7, 11) is 0. The van der Waals surface area contributed by atoms with Crippen LogP contribution < -0.4 is 5.56 Å². The molecule has 6 nitrogen and oxygen atoms in total. The summed E-state index contributed by atoms with van der Waals surface area (Å²) in [5.41, 5.74) is 1.63. The molecule has 22 heavy (non-hydrogen) atoms. The van der Waals surface area contributed by atoms with Crippen molar-refractivity contribution in [1.29, 1.82) is 0 Å². The van der Waals surface area contributed by atoms with Crippen LogP contribution in [0.25, 0.3) is 4.96 Å². The Balaban J connectivity index is 1.85. The molecule has 0 radical (unpaired) electrons. The van der Waals surface area contributed by atoms with E-state index in [9.17, 15) is 4.79 Å². The van der Waals surface area contributed by atoms with Crippen molar-refractivity contribution in [2.45, 2.75) is 31.3 Å². The molecule has 0 aromatic carbocycles. The van der Waals surface area contributed by atoms with Crippen LogP contribution in [0.5, 0.6) is 0 Å². The highest BCUT2D eigenvalue weighted by atomic mass is 32.2. The van der Waals surface area contributed by atoms with E-state index in [0.29, 0.717) is 12.3 Å². The van der Waals surface area contributed by atoms with Gasteiger partial charge in [0.05, 0.1) is 5.69 Å². The SMILES string of the molecule is C=CCn1c(C)nnc1SCc1cc(=O)n2c(C)csc2n1. The molecule has 0 saturated heterocycles. The Kier molecular flexibility index (Phi) is 4.12. The van der Waals surface area contributed by atoms with Crippen molar-refractivity contribution in [2.75, 3.05) is 0 Å². The average Bonchev–Trinajstić information content (AvgIpc) is 3.02. The fraction of sp³-hybridized carbons (Fsp3) is 0.286. The van der Waals surface area contributed by atoms with E-state index in [4.69, 9.17) is 0 Å². The predicted octanol–water partition coefficient (Wildman–Crippen LogP) is 2.44. The first-order valence-corrected chi connectivity index (χ1v) is 8.57. The van der Waals surface area contributed by atoms with Crippen molar-refractivity contribution in [2.24, 2.45) is 0 Å². The number of hydrogen-bond acceptors (Lipinski definition) is 6. The van der Waals surface area contributed by atoms with Crippen molar-refractivity contribution >= 4 is 28.1 Å². The maximum atomic E-state index is 12.1. The second-order valence-electron chi connectivity index (χ2n) is 4.80. The number of hydrogen-bond donors (Lipinski definition) is 0. The molecule has 0 amide bonds. The predicted molar refractivity (Wildman–Crippen MR) is 88.6 cm³/mol. The number of aromatic nitrogens is 5. The highest BCUT2D eigenvalue weighted by Crippen LogP contribution is 2.21. The van der Waals surface area contributed by atoms with Crippen LogP contribution in [0, 0.1) is 13.8 Å². The van der Waals surface area contributed by atoms with Gasteiger partial charge in [0.1, 0.15) is 5.82 Å². The van der Waals surface area contributed by atoms with E-state index in [1.807, 2.05) is 29.9 Å². The minimum absolute atomic E-state index is 0.0388. The van der Waals surface area contributed by atoms with Crippen molar-refractivity contribution in [3.63, 3.8) is 0 Å². The Morgan fingerprint density at radius 2 is 2.23 bits per heavy atom. The molecule has 0 unspecified atom stereocenters. The Hall–Kier alpha value is -1.93. The first-order valence-electron chi connectivity index (χ1n) is 6.70. The van der Waals surface area contributed by atoms with E-state index in [2.05, 4.69) is 21.8 Å². The number of fused-ring (bicyclic) bond motifs is 1. The van der Waals surface area contributed by atoms with Gasteiger partial charge in [-0.15, -0.1) is 28.1 Å². The summed E-state index contributed by atoms with van der Waals surface area (Å²) in [5, 5.41) is 11.0. The van der Waals surface area contributed by atoms with Crippen LogP contribution >= 0.6 is 23.1 Å². The summed E-state index contributed by atoms with van der Waals surface area (Å²) in [6, 6.07) is 1.58. The van der Waals surface area contributed by atoms with Gasteiger partial charge in [0.25, 0.3) is 5.56 Å². The van der Waals surface area contributed by atoms with E-state index >= 15 is 0 Å². The summed E-state index contributed by atoms with van der Waals surface area (Å²) in [6.45, 7) is 8.22. The van der Waals surface area contributed by atoms with Crippen molar-refractivity contribution < 1.29 is 0 Å². The van der Waals surface area contributed by atoms with Crippen molar-refractivity contribution in [3.05, 3.63) is 51.7 Å². The fourth-order valence-corrected chi connectivity index (χ4v) is 3.90. The standard InChI is InChI=1S/C14H15N5OS2/c1-4-5-18-10(3)16-17-14(18)22-8-11-6-12(20)19-9(2)7-21-13(19)15-11/h4,6-7H,1,5,8H2,2-3H3. The summed E-state index contributed by atoms with van der Waals surface area (Å²) < 4.78 is 3.61. The van der Waals surface area contributed by atoms with Gasteiger partial charge in [-0.25, -0.2) is 4.98 Å². The molecule has 3 rings (SSSR count). The molecule has 0 saturated carbocycles. The fourth-order valence-electron chi connectivity index (χ4n) is 2.12. The Morgan fingerprint density at radius 3 is 3.00 bits per heavy atom. The second kappa shape index (κ2) is 6.05. The van der Waals surface area contributed by atoms with Gasteiger partial charge >= 0.3 is 0 Å². The Morgan fingerprint density at radius 1 is 1.41 bits per heavy atom. The number of thiazole rings is 1. The number of rotatable bonds is 5. The highest BCUT2D eigenvalue weighted by Gasteiger charge is 2.11. The highest BCUT2D eigenvalue weighted by molar-refractivity contribution is 7.98. The molecule has 0 bridgehead atoms. The molecule has 0 spiro atoms. The van der Waals surface area contributed by atoms with Gasteiger partial charge in [0.15, 0.2) is 10.1 Å². The maximum absolute atomic E-state index is 12.1. The maximum Gasteiger partial charge on any atom is 0.258 e. The molecule has 8 heteroatoms. The van der Waals surface area contributed by atoms with Crippen LogP contribution in [0.4, 0.5) is 0 Å². The average molecular weight is 333 g/mol. The van der Waals surface area contributed by atoms with Gasteiger partial charge in [0, 0.05) is 29.4 Å². The van der Waals surface area contributed by atoms with Gasteiger partial charge < -0.3 is 4.57 Å². The first-order chi connectivity index (χ1) is 10.6. The van der Waals surface area contributed by atoms with Crippen molar-refractivity contribution in [3.8, 4) is 0 Å². The molecule has 3 aromatic rings. The molecule has 0 aliphatic rings. The molecule has 0 aliphatic carbocycles. The van der Waals surface area contributed by atoms with E-state index in [-0.39, 0.29) is 5.56 Å². The summed E-state index contributed by atoms with van der Waals surface area (Å²) in [4.78, 5) is 17.4. The van der Waals surface area contributed by atoms with E-state index in [0.717, 1.165) is 27.3 Å². The Labute approximate surface area is 135 Å². The lowest BCUT2D eigenvalue weighted by molar-refractivity contribution is 0.703. The third-order valence-corrected chi connectivity index (χ3v) is 5.14. The van der Waals surface area contributed by atoms with E-state index in [1.54, 1.807) is 10.5 Å². The third-order valence-electron chi connectivity index (χ3n) is 3.19. The lowest BCUT2D eigenvalue weighted by Gasteiger charge is -2.05. The van der Waals surface area contributed by atoms with Crippen LogP contribution in [-0.4, -0.2) is 24.1 Å². The van der Waals surface area contributed by atoms with Gasteiger partial charge in [0.2, 0.25) is 0 Å². The number of aryl methyl sites for hydroxylation is 2. The first kappa shape index (κ1) is 15.0. The van der Waals surface area contributed by atoms with Crippen LogP contribution in [0.2, 0.25) is 0 Å². The van der Waals surface area contributed by atoms with Crippen molar-refractivity contribution in [1.82, 2.24) is 24.1 Å². The van der Waals surface area contributed by atoms with Crippen LogP contribution in [0.15, 0.2) is 34.1 Å². The molecule has 0 atom stereocenters. The summed E-state index contributed by atoms with van der Waals surface area (Å²) in [5.74, 6) is 1.43. The zero-order valence-electron chi connectivity index (χ0n) is 12.3. The molecular weight excluding hydrogens is 318 g/mol. The van der Waals surface area contributed by atoms with Gasteiger partial charge in [-0.05, 0) is 13.8 Å². The summed E-state index contributed by atoms with van der Waals surface area (Å²) in [6.07, 6.45) is 1.81. The number of thioether (sulfide) groups is 1. The van der Waals surface area contributed by atoms with Crippen LogP contribution in [0.1, 0.15) is 17.2 Å². The quantitative estimate of drug-likeness (QED) is 0.530. The van der Waals surface area contributed by atoms with E-state index in [1.165, 1.54) is 23.1 Å². The molecule has 0 aliphatic heterocycles. The third kappa shape index (κ3) is 2.71.